The average Bonchev–Trinajstić information content (AvgIpc) is 2.05. The van der Waals surface area contributed by atoms with Crippen LogP contribution >= 0.6 is 11.8 Å². The lowest BCUT2D eigenvalue weighted by molar-refractivity contribution is 0.668. The first-order chi connectivity index (χ1) is 4.97. The Labute approximate surface area is 65.6 Å². The number of nitrogens with one attached hydrogen (secondary N) is 1. The molecule has 0 unspecified atom stereocenters. The van der Waals surface area contributed by atoms with E-state index in [-0.39, 0.29) is 0 Å². The summed E-state index contributed by atoms with van der Waals surface area (Å²) in [7, 11) is 0. The third kappa shape index (κ3) is 1.08. The fraction of sp³-hybridized carbons (Fsp3) is 0.500. The van der Waals surface area contributed by atoms with Crippen LogP contribution in [0.2, 0.25) is 0 Å². The van der Waals surface area contributed by atoms with Gasteiger partial charge in [-0.15, -0.1) is 11.8 Å². The minimum atomic E-state index is 1.14. The predicted octanol–water partition coefficient (Wildman–Crippen LogP) is 1.88. The molecule has 0 aromatic rings. The van der Waals surface area contributed by atoms with Gasteiger partial charge in [0.15, 0.2) is 0 Å². The van der Waals surface area contributed by atoms with E-state index in [9.17, 15) is 0 Å². The molecule has 0 aromatic heterocycles. The van der Waals surface area contributed by atoms with Crippen LogP contribution < -0.4 is 5.32 Å². The molecule has 2 aliphatic rings. The van der Waals surface area contributed by atoms with Gasteiger partial charge in [0.25, 0.3) is 0 Å². The zero-order valence-corrected chi connectivity index (χ0v) is 6.71. The first-order valence-electron chi connectivity index (χ1n) is 3.72. The predicted molar refractivity (Wildman–Crippen MR) is 45.9 cm³/mol. The molecule has 0 amide bonds. The monoisotopic (exact) mass is 153 g/mol. The number of thioether (sulfide) groups is 1. The summed E-state index contributed by atoms with van der Waals surface area (Å²) in [5.41, 5.74) is 2.91. The van der Waals surface area contributed by atoms with Gasteiger partial charge in [-0.2, -0.15) is 0 Å². The Hall–Kier alpha value is -0.370. The topological polar surface area (TPSA) is 12.0 Å². The molecule has 2 aliphatic heterocycles. The van der Waals surface area contributed by atoms with E-state index < -0.39 is 0 Å². The molecule has 0 aromatic carbocycles. The van der Waals surface area contributed by atoms with Gasteiger partial charge in [0, 0.05) is 18.0 Å². The van der Waals surface area contributed by atoms with E-state index in [1.165, 1.54) is 24.1 Å². The van der Waals surface area contributed by atoms with Crippen molar-refractivity contribution >= 4 is 11.8 Å². The lowest BCUT2D eigenvalue weighted by atomic mass is 10.0. The third-order valence-electron chi connectivity index (χ3n) is 1.89. The van der Waals surface area contributed by atoms with Crippen LogP contribution in [0.1, 0.15) is 12.8 Å². The molecular weight excluding hydrogens is 142 g/mol. The number of hydrogen-bond donors (Lipinski definition) is 1. The van der Waals surface area contributed by atoms with Crippen molar-refractivity contribution in [1.82, 2.24) is 5.32 Å². The number of piperidine rings is 1. The SMILES string of the molecule is C1=C2CCCNC2=CCS1. The second-order valence-corrected chi connectivity index (χ2v) is 3.53. The van der Waals surface area contributed by atoms with Gasteiger partial charge in [-0.3, -0.25) is 0 Å². The van der Waals surface area contributed by atoms with Crippen molar-refractivity contribution in [2.45, 2.75) is 12.8 Å². The molecule has 0 spiro atoms. The van der Waals surface area contributed by atoms with E-state index in [4.69, 9.17) is 0 Å². The Morgan fingerprint density at radius 2 is 2.50 bits per heavy atom. The minimum Gasteiger partial charge on any atom is -0.385 e. The molecule has 2 heterocycles. The molecule has 0 atom stereocenters. The van der Waals surface area contributed by atoms with Crippen LogP contribution in [0.4, 0.5) is 0 Å². The van der Waals surface area contributed by atoms with Crippen LogP contribution in [-0.2, 0) is 0 Å². The highest BCUT2D eigenvalue weighted by Gasteiger charge is 2.12. The van der Waals surface area contributed by atoms with Crippen molar-refractivity contribution in [1.29, 1.82) is 0 Å². The summed E-state index contributed by atoms with van der Waals surface area (Å²) in [5, 5.41) is 5.69. The smallest absolute Gasteiger partial charge is 0.0345 e. The maximum atomic E-state index is 3.40. The first-order valence-corrected chi connectivity index (χ1v) is 4.77. The molecule has 2 heteroatoms. The van der Waals surface area contributed by atoms with Gasteiger partial charge < -0.3 is 5.32 Å². The number of rotatable bonds is 0. The van der Waals surface area contributed by atoms with Gasteiger partial charge in [0.1, 0.15) is 0 Å². The fourth-order valence-corrected chi connectivity index (χ4v) is 2.16. The van der Waals surface area contributed by atoms with Crippen LogP contribution in [-0.4, -0.2) is 12.3 Å². The third-order valence-corrected chi connectivity index (χ3v) is 2.70. The van der Waals surface area contributed by atoms with Gasteiger partial charge in [-0.25, -0.2) is 0 Å². The lowest BCUT2D eigenvalue weighted by Crippen LogP contribution is -2.22. The Balaban J connectivity index is 2.19. The summed E-state index contributed by atoms with van der Waals surface area (Å²) >= 11 is 1.90. The minimum absolute atomic E-state index is 1.14. The van der Waals surface area contributed by atoms with E-state index in [1.807, 2.05) is 11.8 Å². The van der Waals surface area contributed by atoms with E-state index in [1.54, 1.807) is 0 Å². The van der Waals surface area contributed by atoms with Gasteiger partial charge >= 0.3 is 0 Å². The van der Waals surface area contributed by atoms with Gasteiger partial charge in [0.2, 0.25) is 0 Å². The van der Waals surface area contributed by atoms with Crippen LogP contribution in [0.3, 0.4) is 0 Å². The van der Waals surface area contributed by atoms with E-state index in [0.29, 0.717) is 0 Å². The normalized spacial score (nSPS) is 24.0. The molecule has 1 saturated heterocycles. The van der Waals surface area contributed by atoms with Crippen LogP contribution in [0, 0.1) is 0 Å². The molecule has 1 fully saturated rings. The Morgan fingerprint density at radius 1 is 1.50 bits per heavy atom. The molecule has 54 valence electrons. The average molecular weight is 153 g/mol. The Kier molecular flexibility index (Phi) is 1.72. The maximum Gasteiger partial charge on any atom is 0.0345 e. The second kappa shape index (κ2) is 2.70. The van der Waals surface area contributed by atoms with Gasteiger partial charge in [-0.1, -0.05) is 6.08 Å². The summed E-state index contributed by atoms with van der Waals surface area (Å²) in [6.45, 7) is 1.16. The van der Waals surface area contributed by atoms with Crippen molar-refractivity contribution < 1.29 is 0 Å². The summed E-state index contributed by atoms with van der Waals surface area (Å²) in [6.07, 6.45) is 4.86. The first kappa shape index (κ1) is 6.35. The van der Waals surface area contributed by atoms with Crippen LogP contribution in [0.15, 0.2) is 22.8 Å². The van der Waals surface area contributed by atoms with Gasteiger partial charge in [0.05, 0.1) is 0 Å². The zero-order chi connectivity index (χ0) is 6.81. The quantitative estimate of drug-likeness (QED) is 0.570. The van der Waals surface area contributed by atoms with Crippen molar-refractivity contribution in [2.75, 3.05) is 12.3 Å². The van der Waals surface area contributed by atoms with E-state index in [2.05, 4.69) is 16.8 Å². The number of fused-ring (bicyclic) bond motifs is 1. The zero-order valence-electron chi connectivity index (χ0n) is 5.89. The fourth-order valence-electron chi connectivity index (χ4n) is 1.36. The van der Waals surface area contributed by atoms with E-state index in [0.717, 1.165) is 12.3 Å². The van der Waals surface area contributed by atoms with Crippen molar-refractivity contribution in [3.63, 3.8) is 0 Å². The molecule has 1 nitrogen and oxygen atoms in total. The van der Waals surface area contributed by atoms with E-state index >= 15 is 0 Å². The van der Waals surface area contributed by atoms with Crippen molar-refractivity contribution in [3.05, 3.63) is 22.8 Å². The molecule has 0 aliphatic carbocycles. The van der Waals surface area contributed by atoms with Crippen LogP contribution in [0.5, 0.6) is 0 Å². The lowest BCUT2D eigenvalue weighted by Gasteiger charge is -2.22. The van der Waals surface area contributed by atoms with Gasteiger partial charge in [-0.05, 0) is 23.8 Å². The summed E-state index contributed by atoms with van der Waals surface area (Å²) in [5.74, 6) is 1.14. The molecule has 0 bridgehead atoms. The Morgan fingerprint density at radius 3 is 3.40 bits per heavy atom. The summed E-state index contributed by atoms with van der Waals surface area (Å²) in [6, 6.07) is 0. The standard InChI is InChI=1S/C8H11NS/c1-2-7-6-10-5-3-8(7)9-4-1/h3,6,9H,1-2,4-5H2. The Bertz CT molecular complexity index is 171. The number of allylic oxidation sites excluding steroid dienone is 1. The summed E-state index contributed by atoms with van der Waals surface area (Å²) in [4.78, 5) is 0. The summed E-state index contributed by atoms with van der Waals surface area (Å²) < 4.78 is 0. The van der Waals surface area contributed by atoms with Crippen LogP contribution in [0.25, 0.3) is 0 Å². The molecule has 0 radical (unpaired) electrons. The largest absolute Gasteiger partial charge is 0.385 e. The van der Waals surface area contributed by atoms with Crippen molar-refractivity contribution in [3.8, 4) is 0 Å². The number of hydrogen-bond acceptors (Lipinski definition) is 2. The second-order valence-electron chi connectivity index (χ2n) is 2.62. The maximum absolute atomic E-state index is 3.40. The van der Waals surface area contributed by atoms with Crippen molar-refractivity contribution in [2.24, 2.45) is 0 Å². The molecule has 1 N–H and O–H groups in total. The molecule has 2 rings (SSSR count). The highest BCUT2D eigenvalue weighted by molar-refractivity contribution is 8.02. The highest BCUT2D eigenvalue weighted by atomic mass is 32.2. The molecule has 10 heavy (non-hydrogen) atoms. The molecular formula is C8H11NS. The molecule has 0 saturated carbocycles. The highest BCUT2D eigenvalue weighted by Crippen LogP contribution is 2.26.